The van der Waals surface area contributed by atoms with Crippen LogP contribution in [0.25, 0.3) is 0 Å². The van der Waals surface area contributed by atoms with E-state index in [0.717, 1.165) is 19.6 Å². The van der Waals surface area contributed by atoms with Crippen LogP contribution in [0.4, 0.5) is 0 Å². The first-order chi connectivity index (χ1) is 7.13. The molecule has 3 nitrogen and oxygen atoms in total. The molecule has 1 N–H and O–H groups in total. The molecule has 0 bridgehead atoms. The van der Waals surface area contributed by atoms with Gasteiger partial charge >= 0.3 is 0 Å². The maximum Gasteiger partial charge on any atom is 0.149 e. The third kappa shape index (κ3) is 4.31. The highest BCUT2D eigenvalue weighted by Crippen LogP contribution is 2.10. The van der Waals surface area contributed by atoms with E-state index in [-0.39, 0.29) is 5.92 Å². The standard InChI is InChI=1S/C12H24N2O/c1-4-13-11-5-7-14(8-6-11)9-12(15)10(2)3/h10-11,13H,4-9H2,1-3H3. The van der Waals surface area contributed by atoms with Crippen molar-refractivity contribution in [1.82, 2.24) is 10.2 Å². The van der Waals surface area contributed by atoms with Gasteiger partial charge in [0.05, 0.1) is 6.54 Å². The maximum absolute atomic E-state index is 11.6. The van der Waals surface area contributed by atoms with Gasteiger partial charge in [0.15, 0.2) is 0 Å². The molecule has 1 saturated heterocycles. The number of likely N-dealkylation sites (tertiary alicyclic amines) is 1. The van der Waals surface area contributed by atoms with Gasteiger partial charge in [-0.3, -0.25) is 9.69 Å². The number of carbonyl (C=O) groups is 1. The van der Waals surface area contributed by atoms with Gasteiger partial charge in [0.2, 0.25) is 0 Å². The average Bonchev–Trinajstić information content (AvgIpc) is 2.21. The van der Waals surface area contributed by atoms with Crippen molar-refractivity contribution in [2.75, 3.05) is 26.2 Å². The third-order valence-electron chi connectivity index (χ3n) is 3.10. The summed E-state index contributed by atoms with van der Waals surface area (Å²) in [6.45, 7) is 9.94. The van der Waals surface area contributed by atoms with Crippen molar-refractivity contribution in [1.29, 1.82) is 0 Å². The molecule has 1 heterocycles. The van der Waals surface area contributed by atoms with Crippen LogP contribution in [0, 0.1) is 5.92 Å². The van der Waals surface area contributed by atoms with E-state index in [1.54, 1.807) is 0 Å². The summed E-state index contributed by atoms with van der Waals surface area (Å²) in [5.74, 6) is 0.549. The first kappa shape index (κ1) is 12.7. The molecule has 0 radical (unpaired) electrons. The largest absolute Gasteiger partial charge is 0.314 e. The Balaban J connectivity index is 2.22. The SMILES string of the molecule is CCNC1CCN(CC(=O)C(C)C)CC1. The lowest BCUT2D eigenvalue weighted by Gasteiger charge is -2.32. The van der Waals surface area contributed by atoms with E-state index < -0.39 is 0 Å². The van der Waals surface area contributed by atoms with Crippen molar-refractivity contribution >= 4 is 5.78 Å². The van der Waals surface area contributed by atoms with Crippen LogP contribution in [0.1, 0.15) is 33.6 Å². The van der Waals surface area contributed by atoms with Crippen LogP contribution < -0.4 is 5.32 Å². The molecule has 1 fully saturated rings. The van der Waals surface area contributed by atoms with Crippen molar-refractivity contribution in [3.63, 3.8) is 0 Å². The highest BCUT2D eigenvalue weighted by Gasteiger charge is 2.20. The molecule has 0 amide bonds. The average molecular weight is 212 g/mol. The van der Waals surface area contributed by atoms with Crippen LogP contribution >= 0.6 is 0 Å². The van der Waals surface area contributed by atoms with Gasteiger partial charge in [-0.2, -0.15) is 0 Å². The van der Waals surface area contributed by atoms with E-state index in [0.29, 0.717) is 18.4 Å². The summed E-state index contributed by atoms with van der Waals surface area (Å²) in [6, 6.07) is 0.667. The number of Topliss-reactive ketones (excluding diaryl/α,β-unsaturated/α-hetero) is 1. The lowest BCUT2D eigenvalue weighted by molar-refractivity contribution is -0.123. The molecule has 0 saturated carbocycles. The fourth-order valence-electron chi connectivity index (χ4n) is 1.99. The van der Waals surface area contributed by atoms with Crippen molar-refractivity contribution in [2.45, 2.75) is 39.7 Å². The van der Waals surface area contributed by atoms with E-state index in [1.165, 1.54) is 12.8 Å². The summed E-state index contributed by atoms with van der Waals surface area (Å²) in [6.07, 6.45) is 2.36. The Kier molecular flexibility index (Phi) is 5.26. The third-order valence-corrected chi connectivity index (χ3v) is 3.10. The Morgan fingerprint density at radius 1 is 1.40 bits per heavy atom. The number of carbonyl (C=O) groups excluding carboxylic acids is 1. The van der Waals surface area contributed by atoms with Crippen LogP contribution in [0.3, 0.4) is 0 Å². The molecular weight excluding hydrogens is 188 g/mol. The lowest BCUT2D eigenvalue weighted by Crippen LogP contribution is -2.44. The molecule has 0 atom stereocenters. The fourth-order valence-corrected chi connectivity index (χ4v) is 1.99. The number of nitrogens with zero attached hydrogens (tertiary/aromatic N) is 1. The van der Waals surface area contributed by atoms with Crippen LogP contribution in [0.2, 0.25) is 0 Å². The molecule has 0 unspecified atom stereocenters. The van der Waals surface area contributed by atoms with Crippen molar-refractivity contribution in [3.8, 4) is 0 Å². The molecule has 88 valence electrons. The summed E-state index contributed by atoms with van der Waals surface area (Å²) < 4.78 is 0. The monoisotopic (exact) mass is 212 g/mol. The first-order valence-electron chi connectivity index (χ1n) is 6.12. The number of hydrogen-bond donors (Lipinski definition) is 1. The minimum Gasteiger partial charge on any atom is -0.314 e. The summed E-state index contributed by atoms with van der Waals surface area (Å²) >= 11 is 0. The first-order valence-corrected chi connectivity index (χ1v) is 6.12. The summed E-state index contributed by atoms with van der Waals surface area (Å²) in [7, 11) is 0. The van der Waals surface area contributed by atoms with Crippen LogP contribution in [-0.2, 0) is 4.79 Å². The number of piperidine rings is 1. The second kappa shape index (κ2) is 6.23. The van der Waals surface area contributed by atoms with E-state index in [1.807, 2.05) is 13.8 Å². The Labute approximate surface area is 93.2 Å². The molecule has 15 heavy (non-hydrogen) atoms. The van der Waals surface area contributed by atoms with E-state index in [2.05, 4.69) is 17.1 Å². The molecule has 1 rings (SSSR count). The second-order valence-electron chi connectivity index (χ2n) is 4.73. The predicted octanol–water partition coefficient (Wildman–Crippen LogP) is 1.29. The molecule has 0 aromatic heterocycles. The smallest absolute Gasteiger partial charge is 0.149 e. The molecular formula is C12H24N2O. The van der Waals surface area contributed by atoms with Crippen LogP contribution in [0.15, 0.2) is 0 Å². The summed E-state index contributed by atoms with van der Waals surface area (Å²) in [5, 5.41) is 3.47. The quantitative estimate of drug-likeness (QED) is 0.745. The number of nitrogens with one attached hydrogen (secondary N) is 1. The molecule has 1 aliphatic heterocycles. The van der Waals surface area contributed by atoms with Gasteiger partial charge in [0.1, 0.15) is 5.78 Å². The predicted molar refractivity (Wildman–Crippen MR) is 63.0 cm³/mol. The van der Waals surface area contributed by atoms with Gasteiger partial charge in [-0.1, -0.05) is 20.8 Å². The maximum atomic E-state index is 11.6. The van der Waals surface area contributed by atoms with Crippen molar-refractivity contribution in [3.05, 3.63) is 0 Å². The topological polar surface area (TPSA) is 32.3 Å². The summed E-state index contributed by atoms with van der Waals surface area (Å²) in [4.78, 5) is 13.8. The van der Waals surface area contributed by atoms with Gasteiger partial charge < -0.3 is 5.32 Å². The Bertz CT molecular complexity index is 196. The molecule has 0 aliphatic carbocycles. The minimum absolute atomic E-state index is 0.177. The second-order valence-corrected chi connectivity index (χ2v) is 4.73. The fraction of sp³-hybridized carbons (Fsp3) is 0.917. The van der Waals surface area contributed by atoms with E-state index in [9.17, 15) is 4.79 Å². The van der Waals surface area contributed by atoms with Gasteiger partial charge in [-0.25, -0.2) is 0 Å². The zero-order valence-corrected chi connectivity index (χ0v) is 10.3. The Hall–Kier alpha value is -0.410. The normalized spacial score (nSPS) is 19.7. The Morgan fingerprint density at radius 2 is 2.00 bits per heavy atom. The number of ketones is 1. The molecule has 1 aliphatic rings. The highest BCUT2D eigenvalue weighted by molar-refractivity contribution is 5.82. The van der Waals surface area contributed by atoms with Crippen molar-refractivity contribution in [2.24, 2.45) is 5.92 Å². The highest BCUT2D eigenvalue weighted by atomic mass is 16.1. The van der Waals surface area contributed by atoms with E-state index in [4.69, 9.17) is 0 Å². The molecule has 0 spiro atoms. The Morgan fingerprint density at radius 3 is 2.47 bits per heavy atom. The summed E-state index contributed by atoms with van der Waals surface area (Å²) in [5.41, 5.74) is 0. The van der Waals surface area contributed by atoms with Crippen molar-refractivity contribution < 1.29 is 4.79 Å². The lowest BCUT2D eigenvalue weighted by atomic mass is 10.0. The molecule has 0 aromatic rings. The number of hydrogen-bond acceptors (Lipinski definition) is 3. The van der Waals surface area contributed by atoms with Crippen LogP contribution in [0.5, 0.6) is 0 Å². The number of rotatable bonds is 5. The van der Waals surface area contributed by atoms with E-state index >= 15 is 0 Å². The molecule has 3 heteroatoms. The van der Waals surface area contributed by atoms with Gasteiger partial charge in [0.25, 0.3) is 0 Å². The zero-order valence-electron chi connectivity index (χ0n) is 10.3. The molecule has 0 aromatic carbocycles. The minimum atomic E-state index is 0.177. The van der Waals surface area contributed by atoms with Gasteiger partial charge in [0, 0.05) is 25.0 Å². The van der Waals surface area contributed by atoms with Gasteiger partial charge in [-0.15, -0.1) is 0 Å². The van der Waals surface area contributed by atoms with Gasteiger partial charge in [-0.05, 0) is 19.4 Å². The van der Waals surface area contributed by atoms with Crippen LogP contribution in [-0.4, -0.2) is 42.9 Å². The zero-order chi connectivity index (χ0) is 11.3.